The van der Waals surface area contributed by atoms with E-state index in [4.69, 9.17) is 20.7 Å². The maximum Gasteiger partial charge on any atom is 0.310 e. The highest BCUT2D eigenvalue weighted by Gasteiger charge is 2.38. The highest BCUT2D eigenvalue weighted by molar-refractivity contribution is 7.13. The van der Waals surface area contributed by atoms with Crippen molar-refractivity contribution in [3.05, 3.63) is 52.5 Å². The minimum atomic E-state index is -0.665. The molecule has 7 nitrogen and oxygen atoms in total. The average molecular weight is 611 g/mol. The molecule has 2 aromatic carbocycles. The van der Waals surface area contributed by atoms with Crippen molar-refractivity contribution >= 4 is 56.6 Å². The van der Waals surface area contributed by atoms with E-state index in [0.29, 0.717) is 11.4 Å². The monoisotopic (exact) mass is 610 g/mol. The van der Waals surface area contributed by atoms with Crippen LogP contribution in [0.25, 0.3) is 10.1 Å². The maximum absolute atomic E-state index is 13.3. The smallest absolute Gasteiger partial charge is 0.310 e. The SMILES string of the molecule is CC(CC(C)(C)C)C(=O)OC(C(C)C)N1C(=O)Cc2cc(CCN3CCN(c4nsc5ccccc45)CC3)c(Cl)cc21. The lowest BCUT2D eigenvalue weighted by Gasteiger charge is -2.35. The van der Waals surface area contributed by atoms with Crippen LogP contribution in [0.4, 0.5) is 11.5 Å². The van der Waals surface area contributed by atoms with Gasteiger partial charge in [-0.25, -0.2) is 0 Å². The van der Waals surface area contributed by atoms with E-state index in [-0.39, 0.29) is 35.5 Å². The molecule has 3 heterocycles. The summed E-state index contributed by atoms with van der Waals surface area (Å²) in [5, 5.41) is 1.88. The number of anilines is 2. The maximum atomic E-state index is 13.3. The Morgan fingerprint density at radius 2 is 1.81 bits per heavy atom. The number of ether oxygens (including phenoxy) is 1. The number of rotatable bonds is 9. The van der Waals surface area contributed by atoms with E-state index < -0.39 is 6.23 Å². The molecule has 1 amide bonds. The summed E-state index contributed by atoms with van der Waals surface area (Å²) in [6.45, 7) is 16.9. The molecule has 0 saturated carbocycles. The van der Waals surface area contributed by atoms with Crippen molar-refractivity contribution in [1.29, 1.82) is 0 Å². The van der Waals surface area contributed by atoms with Gasteiger partial charge in [-0.05, 0) is 59.1 Å². The van der Waals surface area contributed by atoms with Gasteiger partial charge in [-0.3, -0.25) is 19.4 Å². The van der Waals surface area contributed by atoms with Crippen LogP contribution in [0.1, 0.15) is 59.1 Å². The number of hydrogen-bond donors (Lipinski definition) is 0. The Morgan fingerprint density at radius 1 is 1.10 bits per heavy atom. The zero-order chi connectivity index (χ0) is 30.2. The van der Waals surface area contributed by atoms with Crippen molar-refractivity contribution in [2.24, 2.45) is 17.3 Å². The Hall–Kier alpha value is -2.68. The Kier molecular flexibility index (Phi) is 9.16. The second kappa shape index (κ2) is 12.5. The summed E-state index contributed by atoms with van der Waals surface area (Å²) in [5.74, 6) is 0.455. The molecule has 2 aliphatic heterocycles. The van der Waals surface area contributed by atoms with Crippen molar-refractivity contribution in [3.8, 4) is 0 Å². The predicted molar refractivity (Wildman–Crippen MR) is 173 cm³/mol. The van der Waals surface area contributed by atoms with Crippen LogP contribution in [0.2, 0.25) is 5.02 Å². The van der Waals surface area contributed by atoms with E-state index >= 15 is 0 Å². The third kappa shape index (κ3) is 6.76. The third-order valence-electron chi connectivity index (χ3n) is 8.23. The van der Waals surface area contributed by atoms with Crippen molar-refractivity contribution in [2.45, 2.75) is 67.0 Å². The van der Waals surface area contributed by atoms with Gasteiger partial charge in [-0.15, -0.1) is 0 Å². The van der Waals surface area contributed by atoms with Gasteiger partial charge in [-0.1, -0.05) is 71.3 Å². The van der Waals surface area contributed by atoms with Crippen molar-refractivity contribution in [1.82, 2.24) is 9.27 Å². The number of carbonyl (C=O) groups excluding carboxylic acids is 2. The number of aromatic nitrogens is 1. The van der Waals surface area contributed by atoms with Crippen LogP contribution < -0.4 is 9.80 Å². The van der Waals surface area contributed by atoms with E-state index in [1.54, 1.807) is 16.4 Å². The fraction of sp³-hybridized carbons (Fsp3) is 0.545. The standard InChI is InChI=1S/C33H43ClN4O3S/c1-21(2)31(41-32(40)22(3)20-33(4,5)6)38-27-19-26(34)23(17-24(27)18-29(38)39)11-12-36-13-15-37(16-14-36)30-25-9-7-8-10-28(25)42-35-30/h7-10,17,19,21-22,31H,11-16,18,20H2,1-6H3. The summed E-state index contributed by atoms with van der Waals surface area (Å²) in [5.41, 5.74) is 2.77. The number of piperazine rings is 1. The lowest BCUT2D eigenvalue weighted by atomic mass is 9.85. The second-order valence-corrected chi connectivity index (χ2v) is 14.5. The minimum Gasteiger partial charge on any atom is -0.441 e. The Labute approximate surface area is 258 Å². The summed E-state index contributed by atoms with van der Waals surface area (Å²) in [6, 6.07) is 12.4. The normalized spacial score (nSPS) is 17.7. The van der Waals surface area contributed by atoms with Gasteiger partial charge in [0.25, 0.3) is 0 Å². The molecule has 0 N–H and O–H groups in total. The van der Waals surface area contributed by atoms with Gasteiger partial charge in [0, 0.05) is 49.1 Å². The molecule has 0 bridgehead atoms. The van der Waals surface area contributed by atoms with Crippen LogP contribution >= 0.6 is 23.1 Å². The molecule has 9 heteroatoms. The van der Waals surface area contributed by atoms with Gasteiger partial charge in [0.15, 0.2) is 6.23 Å². The van der Waals surface area contributed by atoms with Gasteiger partial charge in [0.2, 0.25) is 5.91 Å². The average Bonchev–Trinajstić information content (AvgIpc) is 3.49. The fourth-order valence-corrected chi connectivity index (χ4v) is 7.21. The Bertz CT molecular complexity index is 1440. The number of nitrogens with zero attached hydrogens (tertiary/aromatic N) is 4. The molecule has 5 rings (SSSR count). The fourth-order valence-electron chi connectivity index (χ4n) is 6.16. The molecular weight excluding hydrogens is 568 g/mol. The van der Waals surface area contributed by atoms with E-state index in [1.165, 1.54) is 10.1 Å². The van der Waals surface area contributed by atoms with E-state index in [2.05, 4.69) is 60.9 Å². The number of halogens is 1. The molecule has 3 aromatic rings. The number of hydrogen-bond acceptors (Lipinski definition) is 7. The Morgan fingerprint density at radius 3 is 2.50 bits per heavy atom. The van der Waals surface area contributed by atoms with E-state index in [0.717, 1.165) is 61.8 Å². The van der Waals surface area contributed by atoms with Gasteiger partial charge in [0.1, 0.15) is 5.82 Å². The van der Waals surface area contributed by atoms with Crippen LogP contribution in [-0.4, -0.2) is 60.1 Å². The van der Waals surface area contributed by atoms with E-state index in [1.807, 2.05) is 26.8 Å². The molecule has 1 fully saturated rings. The number of benzene rings is 2. The largest absolute Gasteiger partial charge is 0.441 e. The predicted octanol–water partition coefficient (Wildman–Crippen LogP) is 6.80. The summed E-state index contributed by atoms with van der Waals surface area (Å²) in [4.78, 5) is 32.8. The molecular formula is C33H43ClN4O3S. The zero-order valence-electron chi connectivity index (χ0n) is 25.7. The first-order valence-corrected chi connectivity index (χ1v) is 16.2. The molecule has 2 unspecified atom stereocenters. The number of fused-ring (bicyclic) bond motifs is 2. The van der Waals surface area contributed by atoms with Gasteiger partial charge < -0.3 is 9.64 Å². The Balaban J connectivity index is 1.22. The molecule has 1 aromatic heterocycles. The number of amides is 1. The first-order valence-electron chi connectivity index (χ1n) is 15.1. The summed E-state index contributed by atoms with van der Waals surface area (Å²) in [6.07, 6.45) is 1.15. The van der Waals surface area contributed by atoms with E-state index in [9.17, 15) is 9.59 Å². The van der Waals surface area contributed by atoms with Crippen LogP contribution in [0.5, 0.6) is 0 Å². The second-order valence-electron chi connectivity index (χ2n) is 13.3. The van der Waals surface area contributed by atoms with Gasteiger partial charge in [-0.2, -0.15) is 4.37 Å². The van der Waals surface area contributed by atoms with Crippen LogP contribution in [-0.2, 0) is 27.2 Å². The summed E-state index contributed by atoms with van der Waals surface area (Å²) >= 11 is 8.38. The first-order chi connectivity index (χ1) is 19.9. The van der Waals surface area contributed by atoms with Crippen molar-refractivity contribution < 1.29 is 14.3 Å². The lowest BCUT2D eigenvalue weighted by Crippen LogP contribution is -2.47. The van der Waals surface area contributed by atoms with Crippen molar-refractivity contribution in [3.63, 3.8) is 0 Å². The summed E-state index contributed by atoms with van der Waals surface area (Å²) in [7, 11) is 0. The van der Waals surface area contributed by atoms with Crippen LogP contribution in [0.15, 0.2) is 36.4 Å². The topological polar surface area (TPSA) is 66.0 Å². The zero-order valence-corrected chi connectivity index (χ0v) is 27.2. The highest BCUT2D eigenvalue weighted by atomic mass is 35.5. The molecule has 1 saturated heterocycles. The molecule has 0 radical (unpaired) electrons. The van der Waals surface area contributed by atoms with Crippen molar-refractivity contribution in [2.75, 3.05) is 42.5 Å². The minimum absolute atomic E-state index is 0.00938. The van der Waals surface area contributed by atoms with Gasteiger partial charge in [0.05, 0.1) is 22.7 Å². The molecule has 226 valence electrons. The highest BCUT2D eigenvalue weighted by Crippen LogP contribution is 2.38. The quantitative estimate of drug-likeness (QED) is 0.248. The number of carbonyl (C=O) groups is 2. The number of esters is 1. The molecule has 2 atom stereocenters. The first kappa shape index (κ1) is 30.8. The van der Waals surface area contributed by atoms with Gasteiger partial charge >= 0.3 is 5.97 Å². The molecule has 0 aliphatic carbocycles. The third-order valence-corrected chi connectivity index (χ3v) is 9.40. The molecule has 0 spiro atoms. The summed E-state index contributed by atoms with van der Waals surface area (Å²) < 4.78 is 12.0. The molecule has 42 heavy (non-hydrogen) atoms. The van der Waals surface area contributed by atoms with Crippen LogP contribution in [0.3, 0.4) is 0 Å². The lowest BCUT2D eigenvalue weighted by molar-refractivity contribution is -0.157. The van der Waals surface area contributed by atoms with Crippen LogP contribution in [0, 0.1) is 17.3 Å². The molecule has 2 aliphatic rings.